The third-order valence-electron chi connectivity index (χ3n) is 5.06. The van der Waals surface area contributed by atoms with Crippen molar-refractivity contribution < 1.29 is 52.8 Å². The molecular formula is C27H28Cl4N2O11. The predicted molar refractivity (Wildman–Crippen MR) is 158 cm³/mol. The molecule has 2 unspecified atom stereocenters. The number of carbonyl (C=O) groups is 6. The maximum Gasteiger partial charge on any atom is 0.415 e. The van der Waals surface area contributed by atoms with E-state index >= 15 is 0 Å². The van der Waals surface area contributed by atoms with E-state index in [9.17, 15) is 28.8 Å². The average molecular weight is 698 g/mol. The summed E-state index contributed by atoms with van der Waals surface area (Å²) >= 11 is 19.4. The molecule has 13 nitrogen and oxygen atoms in total. The minimum Gasteiger partial charge on any atom is -0.480 e. The molecule has 3 rings (SSSR count). The highest BCUT2D eigenvalue weighted by Gasteiger charge is 2.32. The molecule has 2 aromatic carbocycles. The number of carbonyl (C=O) groups excluding carboxylic acids is 5. The van der Waals surface area contributed by atoms with Gasteiger partial charge in [-0.15, -0.1) is 0 Å². The molecule has 0 aromatic heterocycles. The highest BCUT2D eigenvalue weighted by Crippen LogP contribution is 2.28. The first kappa shape index (κ1) is 38.4. The number of nitrogens with one attached hydrogen (secondary N) is 1. The molecule has 2 aromatic rings. The lowest BCUT2D eigenvalue weighted by Crippen LogP contribution is -2.30. The van der Waals surface area contributed by atoms with Crippen molar-refractivity contribution in [1.29, 1.82) is 0 Å². The van der Waals surface area contributed by atoms with Crippen LogP contribution in [0.1, 0.15) is 36.8 Å². The van der Waals surface area contributed by atoms with Gasteiger partial charge in [0.25, 0.3) is 0 Å². The fourth-order valence-electron chi connectivity index (χ4n) is 2.95. The zero-order valence-corrected chi connectivity index (χ0v) is 25.8. The summed E-state index contributed by atoms with van der Waals surface area (Å²) in [6, 6.07) is 16.8. The Morgan fingerprint density at radius 1 is 0.886 bits per heavy atom. The number of aliphatic carboxylic acids is 1. The smallest absolute Gasteiger partial charge is 0.415 e. The van der Waals surface area contributed by atoms with E-state index in [0.717, 1.165) is 11.1 Å². The number of cyclic esters (lactones) is 2. The summed E-state index contributed by atoms with van der Waals surface area (Å²) in [5.74, 6) is -2.62. The van der Waals surface area contributed by atoms with Crippen molar-refractivity contribution in [1.82, 2.24) is 5.32 Å². The van der Waals surface area contributed by atoms with Crippen LogP contribution in [0.4, 0.5) is 9.59 Å². The molecule has 0 saturated carbocycles. The number of carboxylic acid groups (broad SMARTS) is 1. The topological polar surface area (TPSA) is 198 Å². The Morgan fingerprint density at radius 3 is 1.73 bits per heavy atom. The number of halogens is 4. The number of ether oxygens (including phenoxy) is 4. The maximum absolute atomic E-state index is 11.5. The van der Waals surface area contributed by atoms with Crippen LogP contribution in [-0.2, 0) is 51.3 Å². The van der Waals surface area contributed by atoms with E-state index in [1.807, 2.05) is 60.7 Å². The van der Waals surface area contributed by atoms with Crippen LogP contribution in [0.3, 0.4) is 0 Å². The van der Waals surface area contributed by atoms with Crippen molar-refractivity contribution in [2.75, 3.05) is 0 Å². The molecule has 1 aliphatic heterocycles. The molecule has 1 heterocycles. The van der Waals surface area contributed by atoms with Gasteiger partial charge in [-0.3, -0.25) is 14.4 Å². The molecule has 1 fully saturated rings. The molecular weight excluding hydrogens is 670 g/mol. The molecule has 0 radical (unpaired) electrons. The van der Waals surface area contributed by atoms with Crippen LogP contribution in [0.5, 0.6) is 0 Å². The van der Waals surface area contributed by atoms with E-state index in [1.165, 1.54) is 0 Å². The van der Waals surface area contributed by atoms with Crippen molar-refractivity contribution in [3.63, 3.8) is 0 Å². The Kier molecular flexibility index (Phi) is 17.8. The van der Waals surface area contributed by atoms with E-state index in [1.54, 1.807) is 0 Å². The first-order valence-corrected chi connectivity index (χ1v) is 14.0. The molecule has 0 spiro atoms. The largest absolute Gasteiger partial charge is 0.480 e. The van der Waals surface area contributed by atoms with Crippen molar-refractivity contribution >= 4 is 81.8 Å². The third kappa shape index (κ3) is 18.8. The van der Waals surface area contributed by atoms with E-state index in [0.29, 0.717) is 0 Å². The minimum atomic E-state index is -2.04. The molecule has 17 heteroatoms. The summed E-state index contributed by atoms with van der Waals surface area (Å²) < 4.78 is 16.1. The van der Waals surface area contributed by atoms with E-state index in [-0.39, 0.29) is 38.9 Å². The number of hydrogen-bond acceptors (Lipinski definition) is 11. The van der Waals surface area contributed by atoms with Crippen LogP contribution in [-0.4, -0.2) is 56.6 Å². The molecule has 0 aliphatic carbocycles. The van der Waals surface area contributed by atoms with E-state index in [4.69, 9.17) is 55.1 Å². The van der Waals surface area contributed by atoms with Gasteiger partial charge in [-0.1, -0.05) is 60.7 Å². The Morgan fingerprint density at radius 2 is 1.36 bits per heavy atom. The normalized spacial score (nSPS) is 14.2. The Labute approximate surface area is 271 Å². The second kappa shape index (κ2) is 20.4. The van der Waals surface area contributed by atoms with Crippen molar-refractivity contribution in [3.8, 4) is 0 Å². The monoisotopic (exact) mass is 696 g/mol. The molecule has 1 saturated heterocycles. The number of alkyl carbamates (subject to hydrolysis) is 1. The van der Waals surface area contributed by atoms with Gasteiger partial charge in [0.05, 0.1) is 0 Å². The number of alkyl halides is 3. The Hall–Kier alpha value is -3.62. The van der Waals surface area contributed by atoms with Gasteiger partial charge in [0.1, 0.15) is 25.3 Å². The van der Waals surface area contributed by atoms with E-state index in [2.05, 4.69) is 26.4 Å². The number of rotatable bonds is 11. The van der Waals surface area contributed by atoms with Gasteiger partial charge in [0, 0.05) is 24.4 Å². The van der Waals surface area contributed by atoms with Crippen LogP contribution in [0.2, 0.25) is 0 Å². The molecule has 4 N–H and O–H groups in total. The number of carboxylic acids is 1. The number of nitrogens with two attached hydrogens (primary N) is 1. The summed E-state index contributed by atoms with van der Waals surface area (Å²) in [6.07, 6.45) is -0.443. The lowest BCUT2D eigenvalue weighted by atomic mass is 10.1. The second-order valence-electron chi connectivity index (χ2n) is 8.51. The highest BCUT2D eigenvalue weighted by molar-refractivity contribution is 6.69. The van der Waals surface area contributed by atoms with E-state index < -0.39 is 51.5 Å². The Balaban J connectivity index is 0.000000357. The molecule has 240 valence electrons. The van der Waals surface area contributed by atoms with Gasteiger partial charge >= 0.3 is 39.4 Å². The first-order valence-electron chi connectivity index (χ1n) is 12.5. The third-order valence-corrected chi connectivity index (χ3v) is 5.37. The molecule has 2 atom stereocenters. The van der Waals surface area contributed by atoms with Crippen LogP contribution < -0.4 is 11.1 Å². The highest BCUT2D eigenvalue weighted by atomic mass is 35.6. The number of benzene rings is 2. The fraction of sp³-hybridized carbons (Fsp3) is 0.333. The van der Waals surface area contributed by atoms with Gasteiger partial charge < -0.3 is 35.1 Å². The molecule has 0 bridgehead atoms. The zero-order valence-electron chi connectivity index (χ0n) is 22.8. The molecule has 44 heavy (non-hydrogen) atoms. The van der Waals surface area contributed by atoms with Gasteiger partial charge in [0.15, 0.2) is 0 Å². The number of amides is 1. The lowest BCUT2D eigenvalue weighted by molar-refractivity contribution is -0.146. The number of hydrogen-bond donors (Lipinski definition) is 3. The van der Waals surface area contributed by atoms with Gasteiger partial charge in [-0.2, -0.15) is 0 Å². The molecule has 1 aliphatic rings. The summed E-state index contributed by atoms with van der Waals surface area (Å²) in [5, 5.41) is 10.8. The van der Waals surface area contributed by atoms with Gasteiger partial charge in [-0.25, -0.2) is 14.4 Å². The van der Waals surface area contributed by atoms with Crippen LogP contribution in [0.15, 0.2) is 60.7 Å². The SMILES string of the molecule is NC(CCC(=O)OCc1ccccc1)C(=O)O.O=C(CCC1NC(=O)OC1=O)OCc1ccccc1.O=C(Cl)OC(Cl)(Cl)Cl. The van der Waals surface area contributed by atoms with Gasteiger partial charge in [-0.05, 0) is 58.8 Å². The molecule has 1 amide bonds. The van der Waals surface area contributed by atoms with Gasteiger partial charge in [0.2, 0.25) is 0 Å². The first-order chi connectivity index (χ1) is 20.7. The van der Waals surface area contributed by atoms with Crippen molar-refractivity contribution in [2.45, 2.75) is 55.0 Å². The minimum absolute atomic E-state index is 0.0142. The standard InChI is InChI=1S/C13H13NO5.C12H15NO4.C2Cl4O2/c15-11(18-8-9-4-2-1-3-5-9)7-6-10-12(16)19-13(17)14-10;13-10(12(15)16)6-7-11(14)17-8-9-4-2-1-3-5-9;3-1(7)8-2(4,5)6/h1-5,10H,6-8H2,(H,14,17);1-5,10H,6-8,13H2,(H,15,16);. The predicted octanol–water partition coefficient (Wildman–Crippen LogP) is 4.76. The fourth-order valence-corrected chi connectivity index (χ4v) is 3.40. The number of esters is 3. The summed E-state index contributed by atoms with van der Waals surface area (Å²) in [7, 11) is 0. The van der Waals surface area contributed by atoms with Crippen LogP contribution in [0.25, 0.3) is 0 Å². The summed E-state index contributed by atoms with van der Waals surface area (Å²) in [6.45, 7) is 0.392. The van der Waals surface area contributed by atoms with Crippen LogP contribution in [0, 0.1) is 0 Å². The van der Waals surface area contributed by atoms with Crippen molar-refractivity contribution in [3.05, 3.63) is 71.8 Å². The second-order valence-corrected chi connectivity index (χ2v) is 11.0. The Bertz CT molecular complexity index is 1250. The summed E-state index contributed by atoms with van der Waals surface area (Å²) in [4.78, 5) is 64.8. The average Bonchev–Trinajstić information content (AvgIpc) is 3.29. The quantitative estimate of drug-likeness (QED) is 0.0958. The maximum atomic E-state index is 11.5. The van der Waals surface area contributed by atoms with Crippen LogP contribution >= 0.6 is 46.4 Å². The van der Waals surface area contributed by atoms with Crippen molar-refractivity contribution in [2.24, 2.45) is 5.73 Å². The summed E-state index contributed by atoms with van der Waals surface area (Å²) in [5.41, 5.74) is 5.90. The zero-order chi connectivity index (χ0) is 33.1. The lowest BCUT2D eigenvalue weighted by Gasteiger charge is -2.07.